The fourth-order valence-electron chi connectivity index (χ4n) is 1.74. The van der Waals surface area contributed by atoms with E-state index >= 15 is 0 Å². The molecule has 4 heteroatoms. The first kappa shape index (κ1) is 9.96. The quantitative estimate of drug-likeness (QED) is 0.830. The highest BCUT2D eigenvalue weighted by molar-refractivity contribution is 5.75. The Morgan fingerprint density at radius 3 is 2.87 bits per heavy atom. The van der Waals surface area contributed by atoms with Crippen LogP contribution in [0, 0.1) is 11.7 Å². The van der Waals surface area contributed by atoms with E-state index in [9.17, 15) is 9.18 Å². The average molecular weight is 210 g/mol. The Morgan fingerprint density at radius 1 is 1.60 bits per heavy atom. The minimum Gasteiger partial charge on any atom is -0.497 e. The summed E-state index contributed by atoms with van der Waals surface area (Å²) < 4.78 is 18.4. The second-order valence-corrected chi connectivity index (χ2v) is 3.67. The van der Waals surface area contributed by atoms with Crippen molar-refractivity contribution >= 4 is 5.97 Å². The average Bonchev–Trinajstić information content (AvgIpc) is 2.98. The maximum atomic E-state index is 13.4. The van der Waals surface area contributed by atoms with E-state index in [1.165, 1.54) is 19.2 Å². The summed E-state index contributed by atoms with van der Waals surface area (Å²) in [6, 6.07) is 4.41. The zero-order valence-corrected chi connectivity index (χ0v) is 8.24. The van der Waals surface area contributed by atoms with Gasteiger partial charge in [-0.25, -0.2) is 4.39 Å². The summed E-state index contributed by atoms with van der Waals surface area (Å²) in [7, 11) is 1.50. The van der Waals surface area contributed by atoms with Crippen LogP contribution in [0.25, 0.3) is 0 Å². The molecule has 1 fully saturated rings. The number of hydrogen-bond acceptors (Lipinski definition) is 2. The third kappa shape index (κ3) is 1.79. The van der Waals surface area contributed by atoms with E-state index in [1.807, 2.05) is 0 Å². The zero-order chi connectivity index (χ0) is 11.0. The summed E-state index contributed by atoms with van der Waals surface area (Å²) in [5, 5.41) is 8.75. The summed E-state index contributed by atoms with van der Waals surface area (Å²) in [4.78, 5) is 10.7. The van der Waals surface area contributed by atoms with E-state index < -0.39 is 11.9 Å². The van der Waals surface area contributed by atoms with E-state index in [1.54, 1.807) is 6.07 Å². The number of benzene rings is 1. The van der Waals surface area contributed by atoms with Gasteiger partial charge in [-0.3, -0.25) is 4.79 Å². The molecule has 0 saturated heterocycles. The number of hydrogen-bond donors (Lipinski definition) is 1. The molecule has 1 aromatic rings. The Balaban J connectivity index is 2.25. The van der Waals surface area contributed by atoms with Gasteiger partial charge >= 0.3 is 5.97 Å². The van der Waals surface area contributed by atoms with Gasteiger partial charge in [0.25, 0.3) is 0 Å². The molecule has 0 amide bonds. The second kappa shape index (κ2) is 3.53. The van der Waals surface area contributed by atoms with Crippen molar-refractivity contribution in [3.05, 3.63) is 29.6 Å². The van der Waals surface area contributed by atoms with E-state index in [4.69, 9.17) is 9.84 Å². The molecular formula is C11H11FO3. The van der Waals surface area contributed by atoms with Crippen molar-refractivity contribution < 1.29 is 19.0 Å². The lowest BCUT2D eigenvalue weighted by atomic mass is 10.1. The van der Waals surface area contributed by atoms with Gasteiger partial charge in [-0.15, -0.1) is 0 Å². The minimum atomic E-state index is -0.859. The first-order chi connectivity index (χ1) is 7.13. The number of halogens is 1. The molecule has 0 aromatic heterocycles. The Morgan fingerprint density at radius 2 is 2.33 bits per heavy atom. The van der Waals surface area contributed by atoms with Crippen LogP contribution in [0.15, 0.2) is 18.2 Å². The number of carboxylic acids is 1. The SMILES string of the molecule is COc1ccc(F)c(C2CC2C(=O)O)c1. The van der Waals surface area contributed by atoms with Crippen molar-refractivity contribution in [2.75, 3.05) is 7.11 Å². The van der Waals surface area contributed by atoms with Crippen molar-refractivity contribution in [1.82, 2.24) is 0 Å². The first-order valence-corrected chi connectivity index (χ1v) is 4.69. The van der Waals surface area contributed by atoms with E-state index in [0.29, 0.717) is 17.7 Å². The van der Waals surface area contributed by atoms with Crippen molar-refractivity contribution in [3.8, 4) is 5.75 Å². The molecule has 80 valence electrons. The summed E-state index contributed by atoms with van der Waals surface area (Å²) in [6.07, 6.45) is 0.513. The molecule has 2 rings (SSSR count). The zero-order valence-electron chi connectivity index (χ0n) is 8.24. The van der Waals surface area contributed by atoms with Crippen LogP contribution < -0.4 is 4.74 Å². The number of carboxylic acid groups (broad SMARTS) is 1. The molecule has 1 aromatic carbocycles. The van der Waals surface area contributed by atoms with E-state index in [0.717, 1.165) is 0 Å². The molecule has 0 heterocycles. The molecule has 1 aliphatic carbocycles. The van der Waals surface area contributed by atoms with Crippen LogP contribution in [0.2, 0.25) is 0 Å². The third-order valence-electron chi connectivity index (χ3n) is 2.71. The topological polar surface area (TPSA) is 46.5 Å². The molecule has 2 atom stereocenters. The predicted octanol–water partition coefficient (Wildman–Crippen LogP) is 2.02. The minimum absolute atomic E-state index is 0.197. The van der Waals surface area contributed by atoms with Crippen LogP contribution in [0.3, 0.4) is 0 Å². The van der Waals surface area contributed by atoms with Gasteiger partial charge in [0, 0.05) is 5.92 Å². The fourth-order valence-corrected chi connectivity index (χ4v) is 1.74. The first-order valence-electron chi connectivity index (χ1n) is 4.69. The van der Waals surface area contributed by atoms with E-state index in [2.05, 4.69) is 0 Å². The van der Waals surface area contributed by atoms with Crippen LogP contribution in [0.1, 0.15) is 17.9 Å². The second-order valence-electron chi connectivity index (χ2n) is 3.67. The van der Waals surface area contributed by atoms with Gasteiger partial charge in [-0.05, 0) is 30.2 Å². The molecule has 1 saturated carbocycles. The summed E-state index contributed by atoms with van der Waals surface area (Å²) in [6.45, 7) is 0. The van der Waals surface area contributed by atoms with Crippen LogP contribution in [-0.2, 0) is 4.79 Å². The highest BCUT2D eigenvalue weighted by atomic mass is 19.1. The Labute approximate surface area is 86.5 Å². The molecule has 3 nitrogen and oxygen atoms in total. The smallest absolute Gasteiger partial charge is 0.307 e. The standard InChI is InChI=1S/C11H11FO3/c1-15-6-2-3-10(12)8(4-6)7-5-9(7)11(13)14/h2-4,7,9H,5H2,1H3,(H,13,14). The van der Waals surface area contributed by atoms with Crippen LogP contribution >= 0.6 is 0 Å². The molecule has 1 N–H and O–H groups in total. The lowest BCUT2D eigenvalue weighted by molar-refractivity contribution is -0.138. The molecule has 0 bridgehead atoms. The monoisotopic (exact) mass is 210 g/mol. The van der Waals surface area contributed by atoms with Gasteiger partial charge in [0.15, 0.2) is 0 Å². The van der Waals surface area contributed by atoms with Crippen molar-refractivity contribution in [1.29, 1.82) is 0 Å². The Hall–Kier alpha value is -1.58. The molecule has 0 radical (unpaired) electrons. The number of aliphatic carboxylic acids is 1. The summed E-state index contributed by atoms with van der Waals surface area (Å²) in [5.74, 6) is -1.29. The lowest BCUT2D eigenvalue weighted by Gasteiger charge is -2.04. The van der Waals surface area contributed by atoms with Crippen LogP contribution in [-0.4, -0.2) is 18.2 Å². The van der Waals surface area contributed by atoms with Crippen molar-refractivity contribution in [2.24, 2.45) is 5.92 Å². The molecule has 0 aliphatic heterocycles. The fraction of sp³-hybridized carbons (Fsp3) is 0.364. The Bertz CT molecular complexity index is 403. The Kier molecular flexibility index (Phi) is 2.34. The van der Waals surface area contributed by atoms with Crippen molar-refractivity contribution in [3.63, 3.8) is 0 Å². The normalized spacial score (nSPS) is 23.6. The predicted molar refractivity (Wildman–Crippen MR) is 51.4 cm³/mol. The van der Waals surface area contributed by atoms with Gasteiger partial charge in [0.2, 0.25) is 0 Å². The van der Waals surface area contributed by atoms with E-state index in [-0.39, 0.29) is 11.7 Å². The lowest BCUT2D eigenvalue weighted by Crippen LogP contribution is -2.00. The highest BCUT2D eigenvalue weighted by Gasteiger charge is 2.45. The molecule has 1 aliphatic rings. The number of rotatable bonds is 3. The van der Waals surface area contributed by atoms with Gasteiger partial charge in [-0.1, -0.05) is 0 Å². The summed E-state index contributed by atoms with van der Waals surface area (Å²) in [5.41, 5.74) is 0.446. The third-order valence-corrected chi connectivity index (χ3v) is 2.71. The van der Waals surface area contributed by atoms with Crippen molar-refractivity contribution in [2.45, 2.75) is 12.3 Å². The van der Waals surface area contributed by atoms with Crippen LogP contribution in [0.4, 0.5) is 4.39 Å². The number of carbonyl (C=O) groups is 1. The van der Waals surface area contributed by atoms with Gasteiger partial charge in [0.1, 0.15) is 11.6 Å². The summed E-state index contributed by atoms with van der Waals surface area (Å²) >= 11 is 0. The van der Waals surface area contributed by atoms with Gasteiger partial charge in [0.05, 0.1) is 13.0 Å². The molecule has 15 heavy (non-hydrogen) atoms. The van der Waals surface area contributed by atoms with Gasteiger partial charge in [-0.2, -0.15) is 0 Å². The molecule has 2 unspecified atom stereocenters. The number of methoxy groups -OCH3 is 1. The van der Waals surface area contributed by atoms with Crippen LogP contribution in [0.5, 0.6) is 5.75 Å². The largest absolute Gasteiger partial charge is 0.497 e. The molecule has 0 spiro atoms. The maximum Gasteiger partial charge on any atom is 0.307 e. The maximum absolute atomic E-state index is 13.4. The number of ether oxygens (including phenoxy) is 1. The van der Waals surface area contributed by atoms with Gasteiger partial charge < -0.3 is 9.84 Å². The molecular weight excluding hydrogens is 199 g/mol. The highest BCUT2D eigenvalue weighted by Crippen LogP contribution is 2.48.